The van der Waals surface area contributed by atoms with Gasteiger partial charge in [-0.2, -0.15) is 0 Å². The number of aromatic nitrogens is 1. The Balaban J connectivity index is 2.23. The summed E-state index contributed by atoms with van der Waals surface area (Å²) in [6.07, 6.45) is 3.70. The second-order valence-electron chi connectivity index (χ2n) is 4.41. The third-order valence-electron chi connectivity index (χ3n) is 2.98. The molecule has 2 N–H and O–H groups in total. The molecule has 1 aromatic rings. The third kappa shape index (κ3) is 1.84. The second kappa shape index (κ2) is 3.99. The summed E-state index contributed by atoms with van der Waals surface area (Å²) in [7, 11) is 0. The van der Waals surface area contributed by atoms with E-state index >= 15 is 0 Å². The molecule has 0 spiro atoms. The molecule has 78 valence electrons. The number of aryl methyl sites for hydroxylation is 1. The van der Waals surface area contributed by atoms with Gasteiger partial charge in [0.1, 0.15) is 0 Å². The molecule has 1 aliphatic rings. The summed E-state index contributed by atoms with van der Waals surface area (Å²) in [5.74, 6) is 1.27. The average Bonchev–Trinajstić information content (AvgIpc) is 2.59. The van der Waals surface area contributed by atoms with Crippen LogP contribution in [0.25, 0.3) is 0 Å². The number of hydrogen-bond donors (Lipinski definition) is 1. The first-order valence-corrected chi connectivity index (χ1v) is 6.21. The predicted molar refractivity (Wildman–Crippen MR) is 60.8 cm³/mol. The van der Waals surface area contributed by atoms with Gasteiger partial charge in [0.25, 0.3) is 0 Å². The van der Waals surface area contributed by atoms with E-state index in [0.29, 0.717) is 12.5 Å². The largest absolute Gasteiger partial charge is 0.330 e. The van der Waals surface area contributed by atoms with Crippen LogP contribution in [0.15, 0.2) is 0 Å². The predicted octanol–water partition coefficient (Wildman–Crippen LogP) is 2.33. The van der Waals surface area contributed by atoms with Crippen LogP contribution >= 0.6 is 11.3 Å². The smallest absolute Gasteiger partial charge is 0.0971 e. The van der Waals surface area contributed by atoms with Gasteiger partial charge in [0.15, 0.2) is 0 Å². The number of nitrogens with zero attached hydrogens (tertiary/aromatic N) is 1. The molecule has 0 saturated carbocycles. The van der Waals surface area contributed by atoms with Gasteiger partial charge in [0, 0.05) is 17.3 Å². The lowest BCUT2D eigenvalue weighted by atomic mass is 9.93. The highest BCUT2D eigenvalue weighted by Gasteiger charge is 2.21. The summed E-state index contributed by atoms with van der Waals surface area (Å²) in [6.45, 7) is 5.20. The van der Waals surface area contributed by atoms with Crippen LogP contribution in [0.5, 0.6) is 0 Å². The van der Waals surface area contributed by atoms with Crippen LogP contribution < -0.4 is 5.73 Å². The molecule has 2 rings (SSSR count). The van der Waals surface area contributed by atoms with E-state index in [9.17, 15) is 0 Å². The van der Waals surface area contributed by atoms with Crippen molar-refractivity contribution in [1.82, 2.24) is 4.98 Å². The topological polar surface area (TPSA) is 38.9 Å². The molecule has 2 nitrogen and oxygen atoms in total. The van der Waals surface area contributed by atoms with Crippen molar-refractivity contribution >= 4 is 11.3 Å². The van der Waals surface area contributed by atoms with Gasteiger partial charge >= 0.3 is 0 Å². The van der Waals surface area contributed by atoms with Gasteiger partial charge in [-0.05, 0) is 25.2 Å². The maximum absolute atomic E-state index is 5.66. The Labute approximate surface area is 89.5 Å². The van der Waals surface area contributed by atoms with E-state index in [2.05, 4.69) is 13.8 Å². The van der Waals surface area contributed by atoms with Crippen molar-refractivity contribution in [1.29, 1.82) is 0 Å². The van der Waals surface area contributed by atoms with Gasteiger partial charge in [-0.1, -0.05) is 13.8 Å². The monoisotopic (exact) mass is 210 g/mol. The number of fused-ring (bicyclic) bond motifs is 1. The molecule has 0 amide bonds. The van der Waals surface area contributed by atoms with Crippen LogP contribution in [0.4, 0.5) is 0 Å². The van der Waals surface area contributed by atoms with E-state index in [0.717, 1.165) is 5.92 Å². The van der Waals surface area contributed by atoms with E-state index < -0.39 is 0 Å². The summed E-state index contributed by atoms with van der Waals surface area (Å²) in [6, 6.07) is 0. The van der Waals surface area contributed by atoms with E-state index in [4.69, 9.17) is 10.7 Å². The Kier molecular flexibility index (Phi) is 2.88. The van der Waals surface area contributed by atoms with Crippen molar-refractivity contribution in [2.24, 2.45) is 11.7 Å². The SMILES string of the molecule is CC1CCc2nc(C(C)CN)sc2C1. The fourth-order valence-corrected chi connectivity index (χ4v) is 3.21. The standard InChI is InChI=1S/C11H18N2S/c1-7-3-4-9-10(5-7)14-11(13-9)8(2)6-12/h7-8H,3-6,12H2,1-2H3. The fourth-order valence-electron chi connectivity index (χ4n) is 1.87. The first-order valence-electron chi connectivity index (χ1n) is 5.39. The minimum atomic E-state index is 0.431. The molecule has 0 aromatic carbocycles. The number of thiazole rings is 1. The van der Waals surface area contributed by atoms with E-state index in [1.807, 2.05) is 11.3 Å². The van der Waals surface area contributed by atoms with Crippen molar-refractivity contribution < 1.29 is 0 Å². The molecule has 2 unspecified atom stereocenters. The highest BCUT2D eigenvalue weighted by molar-refractivity contribution is 7.11. The lowest BCUT2D eigenvalue weighted by Gasteiger charge is -2.15. The van der Waals surface area contributed by atoms with Gasteiger partial charge in [-0.3, -0.25) is 0 Å². The summed E-state index contributed by atoms with van der Waals surface area (Å²) >= 11 is 1.88. The first kappa shape index (κ1) is 10.1. The van der Waals surface area contributed by atoms with Gasteiger partial charge in [-0.25, -0.2) is 4.98 Å². The molecule has 0 radical (unpaired) electrons. The molecule has 0 saturated heterocycles. The van der Waals surface area contributed by atoms with Crippen LogP contribution in [-0.4, -0.2) is 11.5 Å². The van der Waals surface area contributed by atoms with Crippen molar-refractivity contribution in [2.75, 3.05) is 6.54 Å². The Bertz CT molecular complexity index is 319. The molecule has 14 heavy (non-hydrogen) atoms. The van der Waals surface area contributed by atoms with Crippen LogP contribution in [0, 0.1) is 5.92 Å². The zero-order valence-corrected chi connectivity index (χ0v) is 9.73. The quantitative estimate of drug-likeness (QED) is 0.813. The van der Waals surface area contributed by atoms with Crippen LogP contribution in [0.3, 0.4) is 0 Å². The highest BCUT2D eigenvalue weighted by Crippen LogP contribution is 2.32. The minimum absolute atomic E-state index is 0.431. The van der Waals surface area contributed by atoms with E-state index in [-0.39, 0.29) is 0 Å². The number of rotatable bonds is 2. The molecule has 0 fully saturated rings. The Morgan fingerprint density at radius 3 is 3.14 bits per heavy atom. The maximum Gasteiger partial charge on any atom is 0.0971 e. The van der Waals surface area contributed by atoms with E-state index in [1.165, 1.54) is 34.8 Å². The first-order chi connectivity index (χ1) is 6.70. The summed E-state index contributed by atoms with van der Waals surface area (Å²) in [5.41, 5.74) is 7.01. The van der Waals surface area contributed by atoms with Crippen LogP contribution in [0.2, 0.25) is 0 Å². The van der Waals surface area contributed by atoms with Gasteiger partial charge < -0.3 is 5.73 Å². The zero-order chi connectivity index (χ0) is 10.1. The lowest BCUT2D eigenvalue weighted by Crippen LogP contribution is -2.10. The molecule has 1 aliphatic carbocycles. The van der Waals surface area contributed by atoms with Crippen molar-refractivity contribution in [3.05, 3.63) is 15.6 Å². The van der Waals surface area contributed by atoms with Crippen molar-refractivity contribution in [2.45, 2.75) is 39.0 Å². The average molecular weight is 210 g/mol. The Morgan fingerprint density at radius 2 is 2.43 bits per heavy atom. The summed E-state index contributed by atoms with van der Waals surface area (Å²) in [5, 5.41) is 1.24. The molecule has 1 aromatic heterocycles. The second-order valence-corrected chi connectivity index (χ2v) is 5.52. The number of hydrogen-bond acceptors (Lipinski definition) is 3. The molecule has 0 aliphatic heterocycles. The zero-order valence-electron chi connectivity index (χ0n) is 8.92. The lowest BCUT2D eigenvalue weighted by molar-refractivity contribution is 0.501. The number of nitrogens with two attached hydrogens (primary N) is 1. The van der Waals surface area contributed by atoms with Crippen molar-refractivity contribution in [3.63, 3.8) is 0 Å². The van der Waals surface area contributed by atoms with Gasteiger partial charge in [-0.15, -0.1) is 11.3 Å². The highest BCUT2D eigenvalue weighted by atomic mass is 32.1. The van der Waals surface area contributed by atoms with Crippen LogP contribution in [0.1, 0.15) is 41.8 Å². The molecule has 3 heteroatoms. The van der Waals surface area contributed by atoms with E-state index in [1.54, 1.807) is 0 Å². The molecular formula is C11H18N2S. The normalized spacial score (nSPS) is 23.2. The summed E-state index contributed by atoms with van der Waals surface area (Å²) in [4.78, 5) is 6.21. The molecule has 0 bridgehead atoms. The van der Waals surface area contributed by atoms with Crippen molar-refractivity contribution in [3.8, 4) is 0 Å². The molecule has 2 atom stereocenters. The van der Waals surface area contributed by atoms with Gasteiger partial charge in [0.2, 0.25) is 0 Å². The van der Waals surface area contributed by atoms with Crippen LogP contribution in [-0.2, 0) is 12.8 Å². The Morgan fingerprint density at radius 1 is 1.64 bits per heavy atom. The summed E-state index contributed by atoms with van der Waals surface area (Å²) < 4.78 is 0. The minimum Gasteiger partial charge on any atom is -0.330 e. The fraction of sp³-hybridized carbons (Fsp3) is 0.727. The molecular weight excluding hydrogens is 192 g/mol. The maximum atomic E-state index is 5.66. The Hall–Kier alpha value is -0.410. The van der Waals surface area contributed by atoms with Gasteiger partial charge in [0.05, 0.1) is 10.7 Å². The third-order valence-corrected chi connectivity index (χ3v) is 4.33. The molecule has 1 heterocycles.